The predicted octanol–water partition coefficient (Wildman–Crippen LogP) is -0.778. The first-order valence-corrected chi connectivity index (χ1v) is 4.74. The third kappa shape index (κ3) is 1.23. The summed E-state index contributed by atoms with van der Waals surface area (Å²) >= 11 is 0. The average Bonchev–Trinajstić information content (AvgIpc) is 2.42. The van der Waals surface area contributed by atoms with Crippen LogP contribution in [-0.2, 0) is 0 Å². The number of hydrogen-bond acceptors (Lipinski definition) is 4. The molecule has 0 fully saturated rings. The van der Waals surface area contributed by atoms with Crippen LogP contribution in [0.25, 0.3) is 0 Å². The SMILES string of the molecule is CC1(C)[N+]([O-])=c2ccc(/C=N/O)cc2=[N+]1[O-]. The second-order valence-corrected chi connectivity index (χ2v) is 4.08. The van der Waals surface area contributed by atoms with Gasteiger partial charge in [-0.3, -0.25) is 0 Å². The molecule has 0 aromatic heterocycles. The van der Waals surface area contributed by atoms with E-state index in [1.165, 1.54) is 12.3 Å². The zero-order chi connectivity index (χ0) is 11.9. The van der Waals surface area contributed by atoms with E-state index in [0.29, 0.717) is 20.4 Å². The second-order valence-electron chi connectivity index (χ2n) is 4.08. The molecule has 0 amide bonds. The molecule has 0 saturated carbocycles. The minimum Gasteiger partial charge on any atom is -0.618 e. The highest BCUT2D eigenvalue weighted by atomic mass is 16.5. The Morgan fingerprint density at radius 1 is 1.25 bits per heavy atom. The fourth-order valence-corrected chi connectivity index (χ4v) is 1.69. The molecule has 0 aliphatic carbocycles. The van der Waals surface area contributed by atoms with Crippen LogP contribution < -0.4 is 20.2 Å². The van der Waals surface area contributed by atoms with Gasteiger partial charge in [0.2, 0.25) is 0 Å². The molecule has 1 aliphatic rings. The fraction of sp³-hybridized carbons (Fsp3) is 0.300. The van der Waals surface area contributed by atoms with Crippen molar-refractivity contribution in [2.45, 2.75) is 19.5 Å². The first kappa shape index (κ1) is 10.4. The minimum absolute atomic E-state index is 0.289. The molecule has 84 valence electrons. The molecule has 16 heavy (non-hydrogen) atoms. The Kier molecular flexibility index (Phi) is 2.08. The van der Waals surface area contributed by atoms with E-state index >= 15 is 0 Å². The molecule has 1 aromatic carbocycles. The number of nitrogens with zero attached hydrogens (tertiary/aromatic N) is 3. The highest BCUT2D eigenvalue weighted by molar-refractivity contribution is 5.78. The van der Waals surface area contributed by atoms with Gasteiger partial charge in [-0.2, -0.15) is 0 Å². The lowest BCUT2D eigenvalue weighted by Crippen LogP contribution is -2.46. The Bertz CT molecular complexity index is 590. The first-order chi connectivity index (χ1) is 7.48. The monoisotopic (exact) mass is 221 g/mol. The number of rotatable bonds is 1. The summed E-state index contributed by atoms with van der Waals surface area (Å²) in [4.78, 5) is 0. The van der Waals surface area contributed by atoms with Gasteiger partial charge in [-0.1, -0.05) is 5.16 Å². The van der Waals surface area contributed by atoms with Gasteiger partial charge in [-0.05, 0) is 6.07 Å². The van der Waals surface area contributed by atoms with Crippen LogP contribution in [-0.4, -0.2) is 17.1 Å². The van der Waals surface area contributed by atoms with Crippen molar-refractivity contribution in [3.8, 4) is 0 Å². The molecular formula is C10H11N3O3. The molecule has 6 heteroatoms. The van der Waals surface area contributed by atoms with Crippen LogP contribution in [0.1, 0.15) is 19.4 Å². The molecule has 2 rings (SSSR count). The van der Waals surface area contributed by atoms with E-state index < -0.39 is 5.66 Å². The van der Waals surface area contributed by atoms with Crippen molar-refractivity contribution in [3.63, 3.8) is 0 Å². The van der Waals surface area contributed by atoms with Crippen molar-refractivity contribution in [2.75, 3.05) is 0 Å². The average molecular weight is 221 g/mol. The molecular weight excluding hydrogens is 210 g/mol. The lowest BCUT2D eigenvalue weighted by molar-refractivity contribution is 0.321. The van der Waals surface area contributed by atoms with E-state index in [1.807, 2.05) is 0 Å². The summed E-state index contributed by atoms with van der Waals surface area (Å²) in [5.41, 5.74) is -0.578. The summed E-state index contributed by atoms with van der Waals surface area (Å²) in [5, 5.41) is 35.5. The van der Waals surface area contributed by atoms with Crippen molar-refractivity contribution in [1.29, 1.82) is 0 Å². The largest absolute Gasteiger partial charge is 0.618 e. The predicted molar refractivity (Wildman–Crippen MR) is 58.4 cm³/mol. The van der Waals surface area contributed by atoms with E-state index in [-0.39, 0.29) is 5.36 Å². The Balaban J connectivity index is 2.82. The van der Waals surface area contributed by atoms with E-state index in [0.717, 1.165) is 0 Å². The van der Waals surface area contributed by atoms with Crippen LogP contribution in [0.15, 0.2) is 23.4 Å². The van der Waals surface area contributed by atoms with Crippen LogP contribution >= 0.6 is 0 Å². The number of fused-ring (bicyclic) bond motifs is 1. The molecule has 0 bridgehead atoms. The minimum atomic E-state index is -1.14. The molecule has 0 atom stereocenters. The Morgan fingerprint density at radius 2 is 1.88 bits per heavy atom. The van der Waals surface area contributed by atoms with Gasteiger partial charge >= 0.3 is 5.66 Å². The highest BCUT2D eigenvalue weighted by Crippen LogP contribution is 2.05. The summed E-state index contributed by atoms with van der Waals surface area (Å²) < 4.78 is 1.33. The maximum absolute atomic E-state index is 11.9. The molecule has 0 unspecified atom stereocenters. The van der Waals surface area contributed by atoms with Crippen molar-refractivity contribution >= 4 is 6.21 Å². The lowest BCUT2D eigenvalue weighted by atomic mass is 10.2. The van der Waals surface area contributed by atoms with Crippen LogP contribution in [0, 0.1) is 10.4 Å². The molecule has 1 heterocycles. The van der Waals surface area contributed by atoms with Gasteiger partial charge in [-0.25, -0.2) is 0 Å². The van der Waals surface area contributed by atoms with Crippen LogP contribution in [0.5, 0.6) is 0 Å². The van der Waals surface area contributed by atoms with E-state index in [1.54, 1.807) is 26.0 Å². The zero-order valence-electron chi connectivity index (χ0n) is 8.91. The van der Waals surface area contributed by atoms with Gasteiger partial charge in [0.1, 0.15) is 0 Å². The summed E-state index contributed by atoms with van der Waals surface area (Å²) in [5.74, 6) is 0. The maximum Gasteiger partial charge on any atom is 0.366 e. The second kappa shape index (κ2) is 3.19. The Hall–Kier alpha value is -2.11. The maximum atomic E-state index is 11.9. The van der Waals surface area contributed by atoms with Crippen molar-refractivity contribution in [1.82, 2.24) is 9.48 Å². The van der Waals surface area contributed by atoms with Crippen molar-refractivity contribution < 1.29 is 5.21 Å². The van der Waals surface area contributed by atoms with Crippen LogP contribution in [0.3, 0.4) is 0 Å². The molecule has 1 N–H and O–H groups in total. The normalized spacial score (nSPS) is 18.1. The van der Waals surface area contributed by atoms with Crippen molar-refractivity contribution in [3.05, 3.63) is 44.9 Å². The molecule has 0 spiro atoms. The van der Waals surface area contributed by atoms with Gasteiger partial charge in [0.25, 0.3) is 10.7 Å². The van der Waals surface area contributed by atoms with Crippen LogP contribution in [0.4, 0.5) is 0 Å². The van der Waals surface area contributed by atoms with Gasteiger partial charge in [-0.15, -0.1) is 9.48 Å². The van der Waals surface area contributed by atoms with Gasteiger partial charge in [0.15, 0.2) is 0 Å². The topological polar surface area (TPSA) is 84.7 Å². The fourth-order valence-electron chi connectivity index (χ4n) is 1.69. The van der Waals surface area contributed by atoms with Crippen molar-refractivity contribution in [2.24, 2.45) is 5.16 Å². The summed E-state index contributed by atoms with van der Waals surface area (Å²) in [6.45, 7) is 3.10. The van der Waals surface area contributed by atoms with E-state index in [9.17, 15) is 10.4 Å². The van der Waals surface area contributed by atoms with Crippen LogP contribution in [0.2, 0.25) is 0 Å². The number of benzene rings is 1. The van der Waals surface area contributed by atoms with E-state index in [2.05, 4.69) is 5.16 Å². The summed E-state index contributed by atoms with van der Waals surface area (Å²) in [6, 6.07) is 4.67. The summed E-state index contributed by atoms with van der Waals surface area (Å²) in [6.07, 6.45) is 1.20. The third-order valence-electron chi connectivity index (χ3n) is 2.64. The molecule has 0 saturated heterocycles. The molecule has 1 aromatic rings. The molecule has 1 aliphatic heterocycles. The number of oxime groups is 1. The molecule has 6 nitrogen and oxygen atoms in total. The number of hydrogen-bond donors (Lipinski definition) is 1. The quantitative estimate of drug-likeness (QED) is 0.222. The van der Waals surface area contributed by atoms with Gasteiger partial charge < -0.3 is 15.6 Å². The van der Waals surface area contributed by atoms with Gasteiger partial charge in [0.05, 0.1) is 20.1 Å². The lowest BCUT2D eigenvalue weighted by Gasteiger charge is -2.17. The zero-order valence-corrected chi connectivity index (χ0v) is 8.91. The van der Waals surface area contributed by atoms with Gasteiger partial charge in [0, 0.05) is 17.7 Å². The number of hydroxylamine groups is 2. The smallest absolute Gasteiger partial charge is 0.366 e. The summed E-state index contributed by atoms with van der Waals surface area (Å²) in [7, 11) is 0. The van der Waals surface area contributed by atoms with E-state index in [4.69, 9.17) is 5.21 Å². The Labute approximate surface area is 91.2 Å². The standard InChI is InChI=1S/C10H11N3O3/c1-10(2)12(15)8-4-3-7(6-11-14)5-9(8)13(10)16/h3-6,14H,1-2H3/b11-6+. The first-order valence-electron chi connectivity index (χ1n) is 4.74. The third-order valence-corrected chi connectivity index (χ3v) is 2.64. The Morgan fingerprint density at radius 3 is 2.50 bits per heavy atom. The molecule has 0 radical (unpaired) electrons. The highest BCUT2D eigenvalue weighted by Gasteiger charge is 2.41.